The second kappa shape index (κ2) is 6.53. The Hall–Kier alpha value is -2.15. The monoisotopic (exact) mass is 296 g/mol. The van der Waals surface area contributed by atoms with Crippen LogP contribution >= 0.6 is 0 Å². The minimum Gasteiger partial charge on any atom is -0.494 e. The number of hydrogen-bond donors (Lipinski definition) is 1. The number of methoxy groups -OCH3 is 2. The van der Waals surface area contributed by atoms with Gasteiger partial charge in [0, 0.05) is 6.54 Å². The molecule has 1 N–H and O–H groups in total. The fourth-order valence-corrected chi connectivity index (χ4v) is 2.26. The molecule has 0 saturated carbocycles. The number of esters is 1. The van der Waals surface area contributed by atoms with Crippen LogP contribution in [0.15, 0.2) is 18.2 Å². The van der Waals surface area contributed by atoms with E-state index in [1.807, 2.05) is 0 Å². The van der Waals surface area contributed by atoms with E-state index in [9.17, 15) is 14.0 Å². The van der Waals surface area contributed by atoms with E-state index in [1.165, 1.54) is 31.3 Å². The zero-order valence-corrected chi connectivity index (χ0v) is 11.9. The average molecular weight is 296 g/mol. The molecule has 2 rings (SSSR count). The van der Waals surface area contributed by atoms with Gasteiger partial charge in [-0.2, -0.15) is 0 Å². The van der Waals surface area contributed by atoms with E-state index >= 15 is 0 Å². The van der Waals surface area contributed by atoms with Crippen LogP contribution in [-0.2, 0) is 14.3 Å². The Morgan fingerprint density at radius 1 is 1.48 bits per heavy atom. The lowest BCUT2D eigenvalue weighted by Crippen LogP contribution is -2.32. The molecule has 7 heteroatoms. The first-order valence-electron chi connectivity index (χ1n) is 6.50. The molecule has 1 aliphatic rings. The molecule has 1 atom stereocenters. The van der Waals surface area contributed by atoms with E-state index in [0.29, 0.717) is 5.56 Å². The van der Waals surface area contributed by atoms with Crippen molar-refractivity contribution in [2.75, 3.05) is 27.3 Å². The van der Waals surface area contributed by atoms with Crippen molar-refractivity contribution in [3.05, 3.63) is 29.6 Å². The fourth-order valence-electron chi connectivity index (χ4n) is 2.26. The highest BCUT2D eigenvalue weighted by atomic mass is 19.1. The first-order chi connectivity index (χ1) is 10.1. The lowest BCUT2D eigenvalue weighted by molar-refractivity contribution is -0.141. The van der Waals surface area contributed by atoms with Gasteiger partial charge < -0.3 is 14.4 Å². The minimum absolute atomic E-state index is 0.0963. The summed E-state index contributed by atoms with van der Waals surface area (Å²) in [5.74, 6) is -0.886. The van der Waals surface area contributed by atoms with E-state index in [0.717, 1.165) is 0 Å². The van der Waals surface area contributed by atoms with Gasteiger partial charge in [0.15, 0.2) is 11.6 Å². The van der Waals surface area contributed by atoms with Crippen molar-refractivity contribution in [3.8, 4) is 5.75 Å². The molecule has 6 nitrogen and oxygen atoms in total. The van der Waals surface area contributed by atoms with Crippen molar-refractivity contribution < 1.29 is 23.5 Å². The van der Waals surface area contributed by atoms with E-state index in [1.54, 1.807) is 6.07 Å². The number of carbonyl (C=O) groups is 2. The first-order valence-corrected chi connectivity index (χ1v) is 6.50. The molecule has 1 saturated heterocycles. The molecule has 0 radical (unpaired) electrons. The normalized spacial score (nSPS) is 18.0. The summed E-state index contributed by atoms with van der Waals surface area (Å²) in [6.45, 7) is 0.371. The second-order valence-corrected chi connectivity index (χ2v) is 4.59. The predicted octanol–water partition coefficient (Wildman–Crippen LogP) is 0.828. The summed E-state index contributed by atoms with van der Waals surface area (Å²) < 4.78 is 23.2. The molecule has 1 unspecified atom stereocenters. The maximum Gasteiger partial charge on any atom is 0.307 e. The maximum atomic E-state index is 13.8. The standard InChI is InChI=1S/C14H17FN2O4/c1-20-11-4-3-9(7-10(11)15)14-16-8-12(18)17(14)6-5-13(19)21-2/h3-4,7,14,16H,5-6,8H2,1-2H3. The lowest BCUT2D eigenvalue weighted by Gasteiger charge is -2.24. The third kappa shape index (κ3) is 3.30. The Kier molecular flexibility index (Phi) is 4.74. The van der Waals surface area contributed by atoms with Gasteiger partial charge in [0.2, 0.25) is 5.91 Å². The number of benzene rings is 1. The Bertz CT molecular complexity index is 550. The maximum absolute atomic E-state index is 13.8. The number of halogens is 1. The molecule has 1 amide bonds. The Labute approximate surface area is 121 Å². The van der Waals surface area contributed by atoms with Crippen LogP contribution in [0.25, 0.3) is 0 Å². The van der Waals surface area contributed by atoms with Gasteiger partial charge in [-0.3, -0.25) is 14.9 Å². The van der Waals surface area contributed by atoms with Crippen LogP contribution < -0.4 is 10.1 Å². The molecule has 0 bridgehead atoms. The van der Waals surface area contributed by atoms with Crippen LogP contribution in [-0.4, -0.2) is 44.1 Å². The van der Waals surface area contributed by atoms with Crippen molar-refractivity contribution in [1.29, 1.82) is 0 Å². The highest BCUT2D eigenvalue weighted by Gasteiger charge is 2.32. The summed E-state index contributed by atoms with van der Waals surface area (Å²) in [6, 6.07) is 4.51. The molecule has 21 heavy (non-hydrogen) atoms. The van der Waals surface area contributed by atoms with E-state index in [2.05, 4.69) is 10.1 Å². The molecule has 0 aromatic heterocycles. The van der Waals surface area contributed by atoms with Gasteiger partial charge in [0.1, 0.15) is 6.17 Å². The highest BCUT2D eigenvalue weighted by molar-refractivity contribution is 5.81. The summed E-state index contributed by atoms with van der Waals surface area (Å²) in [6.07, 6.45) is -0.360. The third-order valence-electron chi connectivity index (χ3n) is 3.35. The summed E-state index contributed by atoms with van der Waals surface area (Å²) in [5, 5.41) is 3.00. The Morgan fingerprint density at radius 2 is 2.24 bits per heavy atom. The van der Waals surface area contributed by atoms with E-state index in [4.69, 9.17) is 4.74 Å². The topological polar surface area (TPSA) is 67.9 Å². The van der Waals surface area contributed by atoms with Gasteiger partial charge >= 0.3 is 5.97 Å². The highest BCUT2D eigenvalue weighted by Crippen LogP contribution is 2.26. The van der Waals surface area contributed by atoms with Crippen LogP contribution in [0, 0.1) is 5.82 Å². The van der Waals surface area contributed by atoms with Crippen LogP contribution in [0.4, 0.5) is 4.39 Å². The number of ether oxygens (including phenoxy) is 2. The van der Waals surface area contributed by atoms with Gasteiger partial charge in [-0.15, -0.1) is 0 Å². The van der Waals surface area contributed by atoms with E-state index in [-0.39, 0.29) is 31.2 Å². The molecule has 1 aromatic rings. The number of rotatable bonds is 5. The number of amides is 1. The number of nitrogens with zero attached hydrogens (tertiary/aromatic N) is 1. The predicted molar refractivity (Wildman–Crippen MR) is 72.0 cm³/mol. The van der Waals surface area contributed by atoms with E-state index < -0.39 is 18.0 Å². The molecule has 1 heterocycles. The number of hydrogen-bond acceptors (Lipinski definition) is 5. The van der Waals surface area contributed by atoms with Gasteiger partial charge in [-0.05, 0) is 17.7 Å². The van der Waals surface area contributed by atoms with Crippen molar-refractivity contribution in [2.24, 2.45) is 0 Å². The van der Waals surface area contributed by atoms with Crippen molar-refractivity contribution in [1.82, 2.24) is 10.2 Å². The molecule has 0 spiro atoms. The van der Waals surface area contributed by atoms with Crippen LogP contribution in [0.2, 0.25) is 0 Å². The van der Waals surface area contributed by atoms with Crippen LogP contribution in [0.5, 0.6) is 5.75 Å². The quantitative estimate of drug-likeness (QED) is 0.815. The zero-order valence-electron chi connectivity index (χ0n) is 11.9. The molecular formula is C14H17FN2O4. The summed E-state index contributed by atoms with van der Waals surface area (Å²) in [5.41, 5.74) is 0.601. The van der Waals surface area contributed by atoms with Crippen molar-refractivity contribution >= 4 is 11.9 Å². The molecule has 1 aromatic carbocycles. The second-order valence-electron chi connectivity index (χ2n) is 4.59. The third-order valence-corrected chi connectivity index (χ3v) is 3.35. The molecule has 1 fully saturated rings. The van der Waals surface area contributed by atoms with Gasteiger partial charge in [-0.1, -0.05) is 6.07 Å². The molecule has 114 valence electrons. The molecule has 0 aliphatic carbocycles. The molecular weight excluding hydrogens is 279 g/mol. The largest absolute Gasteiger partial charge is 0.494 e. The van der Waals surface area contributed by atoms with Crippen molar-refractivity contribution in [3.63, 3.8) is 0 Å². The Balaban J connectivity index is 2.15. The zero-order chi connectivity index (χ0) is 15.4. The SMILES string of the molecule is COC(=O)CCN1C(=O)CNC1c1ccc(OC)c(F)c1. The van der Waals surface area contributed by atoms with Crippen molar-refractivity contribution in [2.45, 2.75) is 12.6 Å². The van der Waals surface area contributed by atoms with Crippen LogP contribution in [0.1, 0.15) is 18.2 Å². The summed E-state index contributed by atoms with van der Waals surface area (Å²) in [7, 11) is 2.68. The minimum atomic E-state index is -0.496. The molecule has 1 aliphatic heterocycles. The van der Waals surface area contributed by atoms with Crippen LogP contribution in [0.3, 0.4) is 0 Å². The summed E-state index contributed by atoms with van der Waals surface area (Å²) in [4.78, 5) is 24.6. The smallest absolute Gasteiger partial charge is 0.307 e. The summed E-state index contributed by atoms with van der Waals surface area (Å²) >= 11 is 0. The van der Waals surface area contributed by atoms with Gasteiger partial charge in [0.05, 0.1) is 27.2 Å². The van der Waals surface area contributed by atoms with Gasteiger partial charge in [-0.25, -0.2) is 4.39 Å². The average Bonchev–Trinajstić information content (AvgIpc) is 2.85. The van der Waals surface area contributed by atoms with Gasteiger partial charge in [0.25, 0.3) is 0 Å². The fraction of sp³-hybridized carbons (Fsp3) is 0.429. The number of carbonyl (C=O) groups excluding carboxylic acids is 2. The lowest BCUT2D eigenvalue weighted by atomic mass is 10.1. The Morgan fingerprint density at radius 3 is 2.86 bits per heavy atom. The first kappa shape index (κ1) is 15.2. The number of nitrogens with one attached hydrogen (secondary N) is 1.